The molecule has 4 N–H and O–H groups in total. The third kappa shape index (κ3) is 14.7. The highest BCUT2D eigenvalue weighted by Crippen LogP contribution is 2.72. The largest absolute Gasteiger partial charge is 0.496 e. The molecule has 4 saturated carbocycles. The van der Waals surface area contributed by atoms with E-state index in [4.69, 9.17) is 29.0 Å². The number of para-hydroxylation sites is 1. The van der Waals surface area contributed by atoms with Crippen LogP contribution in [0.15, 0.2) is 97.2 Å². The maximum atomic E-state index is 13.9. The van der Waals surface area contributed by atoms with E-state index in [2.05, 4.69) is 34.8 Å². The number of ether oxygens (including phenoxy) is 4. The third-order valence-electron chi connectivity index (χ3n) is 18.5. The average molecular weight is 1270 g/mol. The van der Waals surface area contributed by atoms with Crippen LogP contribution in [0, 0.1) is 23.2 Å². The first-order valence-electron chi connectivity index (χ1n) is 31.5. The number of carbonyl (C=O) groups excluding carboxylic acids is 6. The van der Waals surface area contributed by atoms with Crippen LogP contribution in [0.1, 0.15) is 128 Å². The molecule has 4 aliphatic carbocycles. The Morgan fingerprint density at radius 2 is 1.59 bits per heavy atom. The van der Waals surface area contributed by atoms with E-state index in [0.717, 1.165) is 71.1 Å². The number of aromatic nitrogens is 4. The van der Waals surface area contributed by atoms with Crippen LogP contribution in [0.25, 0.3) is 27.4 Å². The van der Waals surface area contributed by atoms with Crippen molar-refractivity contribution in [3.05, 3.63) is 131 Å². The highest BCUT2D eigenvalue weighted by molar-refractivity contribution is 7.22. The van der Waals surface area contributed by atoms with Crippen LogP contribution in [0.2, 0.25) is 0 Å². The molecule has 2 atom stereocenters. The number of anilines is 3. The van der Waals surface area contributed by atoms with Crippen molar-refractivity contribution in [2.75, 3.05) is 82.3 Å². The Kier molecular flexibility index (Phi) is 19.4. The maximum Gasteiger partial charge on any atom is 0.410 e. The van der Waals surface area contributed by atoms with Gasteiger partial charge < -0.3 is 44.5 Å². The van der Waals surface area contributed by atoms with Gasteiger partial charge in [0.25, 0.3) is 17.7 Å². The SMILES string of the molecule is COCCN(CCOC12CC3(C)CC(C)(CC(Cn4ncc(-c5ccc(N6CCc7c(OC)ccc(C(=O)Nc8nc9ccccc9s8)c7C6)nc5C(=O)O)c4C)(C3)C1)C2)C(=O)OC/C=C/c1cccc(NC(=O)CCNC(=O)CCCCCN2C(=O)C=CC2=O)c1. The van der Waals surface area contributed by atoms with E-state index in [1.54, 1.807) is 55.7 Å². The number of carboxylic acids is 1. The molecule has 0 saturated heterocycles. The molecule has 2 unspecified atom stereocenters. The molecule has 22 nitrogen and oxygen atoms in total. The lowest BCUT2D eigenvalue weighted by atomic mass is 9.39. The van der Waals surface area contributed by atoms with Gasteiger partial charge in [-0.2, -0.15) is 5.10 Å². The summed E-state index contributed by atoms with van der Waals surface area (Å²) in [5.41, 5.74) is 5.71. The fourth-order valence-electron chi connectivity index (χ4n) is 15.7. The molecule has 4 fully saturated rings. The predicted molar refractivity (Wildman–Crippen MR) is 348 cm³/mol. The number of benzene rings is 3. The van der Waals surface area contributed by atoms with Crippen LogP contribution in [-0.2, 0) is 52.9 Å². The number of unbranched alkanes of at least 4 members (excludes halogenated alkanes) is 2. The molecule has 6 aromatic rings. The number of fused-ring (bicyclic) bond motifs is 2. The first-order valence-corrected chi connectivity index (χ1v) is 32.4. The summed E-state index contributed by atoms with van der Waals surface area (Å²) in [6, 6.07) is 22.2. The van der Waals surface area contributed by atoms with E-state index in [1.165, 1.54) is 28.4 Å². The molecule has 0 spiro atoms. The lowest BCUT2D eigenvalue weighted by Gasteiger charge is -2.69. The second-order valence-electron chi connectivity index (χ2n) is 26.0. The molecule has 92 heavy (non-hydrogen) atoms. The summed E-state index contributed by atoms with van der Waals surface area (Å²) in [4.78, 5) is 104. The van der Waals surface area contributed by atoms with Crippen molar-refractivity contribution >= 4 is 85.9 Å². The minimum absolute atomic E-state index is 0.00728. The van der Waals surface area contributed by atoms with E-state index in [-0.39, 0.29) is 77.5 Å². The molecule has 2 aliphatic heterocycles. The number of pyridine rings is 1. The Balaban J connectivity index is 0.677. The topological polar surface area (TPSA) is 266 Å². The molecule has 3 aromatic carbocycles. The average Bonchev–Trinajstić information content (AvgIpc) is 0.724. The van der Waals surface area contributed by atoms with Crippen molar-refractivity contribution < 1.29 is 57.6 Å². The summed E-state index contributed by atoms with van der Waals surface area (Å²) in [7, 11) is 3.20. The highest BCUT2D eigenvalue weighted by Gasteiger charge is 2.66. The van der Waals surface area contributed by atoms with E-state index < -0.39 is 17.7 Å². The zero-order chi connectivity index (χ0) is 64.8. The number of carboxylic acid groups (broad SMARTS) is 1. The quantitative estimate of drug-likeness (QED) is 0.0263. The van der Waals surface area contributed by atoms with Gasteiger partial charge >= 0.3 is 12.1 Å². The number of rotatable bonds is 28. The van der Waals surface area contributed by atoms with E-state index in [0.29, 0.717) is 117 Å². The van der Waals surface area contributed by atoms with Crippen molar-refractivity contribution in [3.8, 4) is 16.9 Å². The minimum Gasteiger partial charge on any atom is -0.496 e. The molecule has 5 heterocycles. The van der Waals surface area contributed by atoms with E-state index >= 15 is 0 Å². The molecular weight excluding hydrogens is 1190 g/mol. The van der Waals surface area contributed by atoms with Crippen molar-refractivity contribution in [1.29, 1.82) is 0 Å². The Morgan fingerprint density at radius 1 is 0.804 bits per heavy atom. The number of hydrogen-bond donors (Lipinski definition) is 4. The monoisotopic (exact) mass is 1270 g/mol. The summed E-state index contributed by atoms with van der Waals surface area (Å²) in [6.07, 6.45) is 15.8. The van der Waals surface area contributed by atoms with Gasteiger partial charge in [0.15, 0.2) is 10.8 Å². The number of amides is 6. The number of nitrogens with zero attached hydrogens (tertiary/aromatic N) is 7. The second-order valence-corrected chi connectivity index (χ2v) is 27.0. The van der Waals surface area contributed by atoms with Gasteiger partial charge in [-0.3, -0.25) is 38.9 Å². The zero-order valence-corrected chi connectivity index (χ0v) is 53.7. The summed E-state index contributed by atoms with van der Waals surface area (Å²) in [5.74, 6) is -1.35. The van der Waals surface area contributed by atoms with Gasteiger partial charge in [-0.1, -0.05) is 61.9 Å². The Bertz CT molecular complexity index is 3810. The molecule has 4 bridgehead atoms. The Labute approximate surface area is 538 Å². The maximum absolute atomic E-state index is 13.9. The number of aromatic carboxylic acids is 1. The fourth-order valence-corrected chi connectivity index (χ4v) is 16.5. The lowest BCUT2D eigenvalue weighted by Crippen LogP contribution is -2.64. The number of imide groups is 1. The van der Waals surface area contributed by atoms with Crippen LogP contribution in [0.4, 0.5) is 21.4 Å². The van der Waals surface area contributed by atoms with Crippen LogP contribution in [0.5, 0.6) is 5.75 Å². The third-order valence-corrected chi connectivity index (χ3v) is 19.5. The van der Waals surface area contributed by atoms with Gasteiger partial charge in [-0.15, -0.1) is 0 Å². The van der Waals surface area contributed by atoms with Crippen molar-refractivity contribution in [2.24, 2.45) is 16.2 Å². The van der Waals surface area contributed by atoms with E-state index in [1.807, 2.05) is 71.1 Å². The van der Waals surface area contributed by atoms with Crippen LogP contribution in [0.3, 0.4) is 0 Å². The molecule has 484 valence electrons. The summed E-state index contributed by atoms with van der Waals surface area (Å²) in [5, 5.41) is 24.9. The predicted octanol–water partition coefficient (Wildman–Crippen LogP) is 10.2. The smallest absolute Gasteiger partial charge is 0.410 e. The zero-order valence-electron chi connectivity index (χ0n) is 52.8. The van der Waals surface area contributed by atoms with Crippen molar-refractivity contribution in [1.82, 2.24) is 34.9 Å². The number of carbonyl (C=O) groups is 7. The first-order chi connectivity index (χ1) is 44.2. The summed E-state index contributed by atoms with van der Waals surface area (Å²) >= 11 is 1.40. The normalized spacial score (nSPS) is 21.3. The molecule has 0 radical (unpaired) electrons. The van der Waals surface area contributed by atoms with Gasteiger partial charge in [-0.25, -0.2) is 19.6 Å². The Hall–Kier alpha value is -8.80. The number of hydrogen-bond acceptors (Lipinski definition) is 16. The van der Waals surface area contributed by atoms with Crippen LogP contribution < -0.4 is 25.6 Å². The highest BCUT2D eigenvalue weighted by atomic mass is 32.1. The van der Waals surface area contributed by atoms with Gasteiger partial charge in [0.2, 0.25) is 11.8 Å². The molecule has 6 amide bonds. The molecule has 3 aromatic heterocycles. The van der Waals surface area contributed by atoms with Crippen molar-refractivity contribution in [3.63, 3.8) is 0 Å². The Morgan fingerprint density at radius 3 is 2.35 bits per heavy atom. The van der Waals surface area contributed by atoms with Gasteiger partial charge in [-0.05, 0) is 147 Å². The van der Waals surface area contributed by atoms with E-state index in [9.17, 15) is 38.7 Å². The lowest BCUT2D eigenvalue weighted by molar-refractivity contribution is -0.248. The molecule has 6 aliphatic rings. The number of methoxy groups -OCH3 is 2. The number of nitrogens with one attached hydrogen (secondary N) is 3. The number of thiazole rings is 1. The second kappa shape index (κ2) is 27.6. The fraction of sp³-hybridized carbons (Fsp3) is 0.449. The summed E-state index contributed by atoms with van der Waals surface area (Å²) in [6.45, 7) is 9.95. The van der Waals surface area contributed by atoms with Gasteiger partial charge in [0.1, 0.15) is 18.2 Å². The van der Waals surface area contributed by atoms with Gasteiger partial charge in [0.05, 0.1) is 42.3 Å². The molecule has 12 rings (SSSR count). The standard InChI is InChI=1S/C69H80N10O12S/c1-45-51(49-20-22-56(74-61(49)63(85)86)77-29-26-48-52(37-77)50(19-21-54(48)89-5)62(84)75-64-73-53-16-8-9-17-55(53)92-64)36-71-79(45)44-68-39-66(2)38-67(3,40-68)42-69(41-66,43-68)91-34-31-76(30-33-88-4)65(87)90-32-12-14-46-13-11-15-47(35-46)72-58(81)25-27-70-57(80)18-7-6-10-28-78-59(82)23-24-60(78)83/h8-9,11-17,19-24,35-36H,6-7,10,18,25-34,37-44H2,1-5H3,(H,70,80)(H,72,81)(H,85,86)(H,73,75,84)/b14-12+. The van der Waals surface area contributed by atoms with Crippen molar-refractivity contribution in [2.45, 2.75) is 117 Å². The minimum atomic E-state index is -1.16. The molecular formula is C69H80N10O12S. The molecule has 23 heteroatoms. The van der Waals surface area contributed by atoms with Crippen LogP contribution in [-0.4, -0.2) is 149 Å². The van der Waals surface area contributed by atoms with Gasteiger partial charge in [0, 0.05) is 112 Å². The summed E-state index contributed by atoms with van der Waals surface area (Å²) < 4.78 is 27.0. The van der Waals surface area contributed by atoms with Crippen LogP contribution >= 0.6 is 11.3 Å². The first kappa shape index (κ1) is 64.7.